The van der Waals surface area contributed by atoms with Crippen molar-refractivity contribution in [1.82, 2.24) is 0 Å². The van der Waals surface area contributed by atoms with E-state index in [1.54, 1.807) is 0 Å². The Morgan fingerprint density at radius 1 is 1.00 bits per heavy atom. The highest BCUT2D eigenvalue weighted by Crippen LogP contribution is 2.38. The van der Waals surface area contributed by atoms with E-state index in [-0.39, 0.29) is 29.2 Å². The third-order valence-electron chi connectivity index (χ3n) is 4.15. The Morgan fingerprint density at radius 2 is 1.60 bits per heavy atom. The molecule has 5 nitrogen and oxygen atoms in total. The first-order chi connectivity index (χ1) is 12.1. The molecule has 0 aliphatic carbocycles. The molecule has 0 aromatic heterocycles. The number of phenolic OH excluding ortho intramolecular Hbond substituents is 1. The van der Waals surface area contributed by atoms with E-state index in [9.17, 15) is 14.7 Å². The molecule has 0 radical (unpaired) electrons. The summed E-state index contributed by atoms with van der Waals surface area (Å²) in [5.74, 6) is -0.600. The van der Waals surface area contributed by atoms with Crippen molar-refractivity contribution in [2.75, 3.05) is 7.11 Å². The maximum Gasteiger partial charge on any atom is 0.311 e. The predicted molar refractivity (Wildman–Crippen MR) is 97.5 cm³/mol. The molecule has 0 saturated carbocycles. The van der Waals surface area contributed by atoms with Crippen molar-refractivity contribution in [3.63, 3.8) is 0 Å². The van der Waals surface area contributed by atoms with Gasteiger partial charge in [-0.1, -0.05) is 58.3 Å². The van der Waals surface area contributed by atoms with Gasteiger partial charge in [0, 0.05) is 6.42 Å². The van der Waals surface area contributed by atoms with Crippen molar-refractivity contribution in [3.05, 3.63) is 17.7 Å². The van der Waals surface area contributed by atoms with Crippen molar-refractivity contribution in [2.24, 2.45) is 0 Å². The second-order valence-corrected chi connectivity index (χ2v) is 6.21. The highest BCUT2D eigenvalue weighted by Gasteiger charge is 2.18. The third-order valence-corrected chi connectivity index (χ3v) is 4.15. The Bertz CT molecular complexity index is 539. The van der Waals surface area contributed by atoms with Crippen LogP contribution in [0.15, 0.2) is 12.1 Å². The lowest BCUT2D eigenvalue weighted by Gasteiger charge is -2.12. The highest BCUT2D eigenvalue weighted by molar-refractivity contribution is 5.85. The molecule has 0 amide bonds. The van der Waals surface area contributed by atoms with Gasteiger partial charge in [-0.15, -0.1) is 0 Å². The molecule has 0 aliphatic rings. The number of phenols is 1. The molecule has 1 N–H and O–H groups in total. The zero-order chi connectivity index (χ0) is 18.5. The first-order valence-corrected chi connectivity index (χ1v) is 9.19. The van der Waals surface area contributed by atoms with E-state index in [4.69, 9.17) is 9.47 Å². The van der Waals surface area contributed by atoms with E-state index in [2.05, 4.69) is 6.92 Å². The summed E-state index contributed by atoms with van der Waals surface area (Å²) in [5.41, 5.74) is 0.176. The van der Waals surface area contributed by atoms with Gasteiger partial charge in [-0.05, 0) is 18.6 Å². The van der Waals surface area contributed by atoms with Gasteiger partial charge in [0.1, 0.15) is 0 Å². The van der Waals surface area contributed by atoms with Crippen LogP contribution >= 0.6 is 0 Å². The number of hydrogen-bond acceptors (Lipinski definition) is 5. The number of aromatic hydroxyl groups is 1. The summed E-state index contributed by atoms with van der Waals surface area (Å²) in [7, 11) is 1.35. The highest BCUT2D eigenvalue weighted by atomic mass is 16.6. The molecule has 1 aromatic carbocycles. The van der Waals surface area contributed by atoms with Gasteiger partial charge in [0.25, 0.3) is 0 Å². The fourth-order valence-corrected chi connectivity index (χ4v) is 2.71. The molecule has 0 spiro atoms. The van der Waals surface area contributed by atoms with E-state index < -0.39 is 5.97 Å². The number of benzene rings is 1. The van der Waals surface area contributed by atoms with Crippen LogP contribution in [0.4, 0.5) is 0 Å². The zero-order valence-corrected chi connectivity index (χ0v) is 15.4. The summed E-state index contributed by atoms with van der Waals surface area (Å²) in [6.07, 6.45) is 11.4. The molecule has 0 fully saturated rings. The molecular formula is C20H30O5. The lowest BCUT2D eigenvalue weighted by molar-refractivity contribution is -0.134. The van der Waals surface area contributed by atoms with Crippen LogP contribution in [0.1, 0.15) is 81.5 Å². The number of methoxy groups -OCH3 is 1. The van der Waals surface area contributed by atoms with Gasteiger partial charge in [0.05, 0.1) is 12.7 Å². The SMILES string of the molecule is CCCCCCCCCCCC(=O)Oc1c(C=O)ccc(O)c1OC. The number of unbranched alkanes of at least 4 members (excludes halogenated alkanes) is 8. The third kappa shape index (κ3) is 7.59. The normalized spacial score (nSPS) is 10.5. The minimum atomic E-state index is -0.421. The van der Waals surface area contributed by atoms with Gasteiger partial charge in [-0.3, -0.25) is 9.59 Å². The zero-order valence-electron chi connectivity index (χ0n) is 15.4. The number of rotatable bonds is 13. The van der Waals surface area contributed by atoms with Crippen LogP contribution in [-0.2, 0) is 4.79 Å². The molecule has 0 atom stereocenters. The van der Waals surface area contributed by atoms with Gasteiger partial charge in [0.2, 0.25) is 5.75 Å². The van der Waals surface area contributed by atoms with Crippen molar-refractivity contribution in [3.8, 4) is 17.2 Å². The quantitative estimate of drug-likeness (QED) is 0.233. The molecule has 0 bridgehead atoms. The minimum Gasteiger partial charge on any atom is -0.504 e. The molecule has 1 aromatic rings. The minimum absolute atomic E-state index is 0.00466. The monoisotopic (exact) mass is 350 g/mol. The van der Waals surface area contributed by atoms with Crippen LogP contribution in [0.3, 0.4) is 0 Å². The fraction of sp³-hybridized carbons (Fsp3) is 0.600. The Balaban J connectivity index is 2.33. The number of hydrogen-bond donors (Lipinski definition) is 1. The summed E-state index contributed by atoms with van der Waals surface area (Å²) in [4.78, 5) is 23.1. The number of aldehydes is 1. The Hall–Kier alpha value is -2.04. The van der Waals surface area contributed by atoms with Crippen LogP contribution in [0.25, 0.3) is 0 Å². The summed E-state index contributed by atoms with van der Waals surface area (Å²) in [5, 5.41) is 9.74. The van der Waals surface area contributed by atoms with Crippen LogP contribution in [-0.4, -0.2) is 24.5 Å². The summed E-state index contributed by atoms with van der Waals surface area (Å²) < 4.78 is 10.3. The van der Waals surface area contributed by atoms with E-state index in [0.717, 1.165) is 19.3 Å². The largest absolute Gasteiger partial charge is 0.504 e. The number of carbonyl (C=O) groups excluding carboxylic acids is 2. The van der Waals surface area contributed by atoms with E-state index in [0.29, 0.717) is 6.29 Å². The summed E-state index contributed by atoms with van der Waals surface area (Å²) in [6, 6.07) is 2.73. The Kier molecular flexibility index (Phi) is 10.4. The molecule has 0 unspecified atom stereocenters. The Labute approximate surface area is 150 Å². The van der Waals surface area contributed by atoms with Crippen LogP contribution in [0.5, 0.6) is 17.2 Å². The van der Waals surface area contributed by atoms with Gasteiger partial charge in [0.15, 0.2) is 17.8 Å². The predicted octanol–water partition coefficient (Wildman–Crippen LogP) is 5.04. The first kappa shape index (κ1) is 21.0. The second-order valence-electron chi connectivity index (χ2n) is 6.21. The Morgan fingerprint density at radius 3 is 2.16 bits per heavy atom. The molecule has 5 heteroatoms. The topological polar surface area (TPSA) is 72.8 Å². The average Bonchev–Trinajstić information content (AvgIpc) is 2.61. The standard InChI is InChI=1S/C20H30O5/c1-3-4-5-6-7-8-9-10-11-12-18(23)25-19-16(15-21)13-14-17(22)20(19)24-2/h13-15,22H,3-12H2,1-2H3. The van der Waals surface area contributed by atoms with Crippen LogP contribution in [0, 0.1) is 0 Å². The van der Waals surface area contributed by atoms with E-state index >= 15 is 0 Å². The van der Waals surface area contributed by atoms with E-state index in [1.165, 1.54) is 57.8 Å². The van der Waals surface area contributed by atoms with Crippen molar-refractivity contribution in [1.29, 1.82) is 0 Å². The number of ether oxygens (including phenoxy) is 2. The van der Waals surface area contributed by atoms with Gasteiger partial charge in [-0.25, -0.2) is 0 Å². The van der Waals surface area contributed by atoms with Gasteiger partial charge in [-0.2, -0.15) is 0 Å². The first-order valence-electron chi connectivity index (χ1n) is 9.19. The second kappa shape index (κ2) is 12.3. The maximum atomic E-state index is 12.0. The van der Waals surface area contributed by atoms with Crippen molar-refractivity contribution < 1.29 is 24.2 Å². The van der Waals surface area contributed by atoms with Crippen LogP contribution < -0.4 is 9.47 Å². The van der Waals surface area contributed by atoms with Crippen molar-refractivity contribution in [2.45, 2.75) is 71.1 Å². The number of esters is 1. The summed E-state index contributed by atoms with van der Waals surface area (Å²) in [6.45, 7) is 2.21. The molecular weight excluding hydrogens is 320 g/mol. The van der Waals surface area contributed by atoms with Crippen molar-refractivity contribution >= 4 is 12.3 Å². The molecule has 25 heavy (non-hydrogen) atoms. The number of carbonyl (C=O) groups is 2. The lowest BCUT2D eigenvalue weighted by atomic mass is 10.1. The lowest BCUT2D eigenvalue weighted by Crippen LogP contribution is -2.10. The summed E-state index contributed by atoms with van der Waals surface area (Å²) >= 11 is 0. The fourth-order valence-electron chi connectivity index (χ4n) is 2.71. The molecule has 0 aliphatic heterocycles. The van der Waals surface area contributed by atoms with Gasteiger partial charge >= 0.3 is 5.97 Å². The molecule has 1 rings (SSSR count). The smallest absolute Gasteiger partial charge is 0.311 e. The maximum absolute atomic E-state index is 12.0. The van der Waals surface area contributed by atoms with Crippen LogP contribution in [0.2, 0.25) is 0 Å². The molecule has 0 saturated heterocycles. The average molecular weight is 350 g/mol. The van der Waals surface area contributed by atoms with E-state index in [1.807, 2.05) is 0 Å². The van der Waals surface area contributed by atoms with Gasteiger partial charge < -0.3 is 14.6 Å². The molecule has 0 heterocycles. The molecule has 140 valence electrons.